The van der Waals surface area contributed by atoms with Crippen molar-refractivity contribution in [3.8, 4) is 0 Å². The second kappa shape index (κ2) is 5.38. The molecule has 0 aromatic rings. The molecule has 2 atom stereocenters. The molecular formula is C12H23NO2. The van der Waals surface area contributed by atoms with Gasteiger partial charge < -0.3 is 9.64 Å². The van der Waals surface area contributed by atoms with Crippen molar-refractivity contribution in [2.75, 3.05) is 14.1 Å². The number of rotatable bonds is 2. The Morgan fingerprint density at radius 3 is 2.53 bits per heavy atom. The van der Waals surface area contributed by atoms with Crippen molar-refractivity contribution in [1.82, 2.24) is 4.90 Å². The summed E-state index contributed by atoms with van der Waals surface area (Å²) in [5.41, 5.74) is 0. The smallest absolute Gasteiger partial charge is 0.409 e. The lowest BCUT2D eigenvalue weighted by molar-refractivity contribution is 0.0356. The van der Waals surface area contributed by atoms with E-state index in [0.29, 0.717) is 5.92 Å². The van der Waals surface area contributed by atoms with Gasteiger partial charge in [-0.15, -0.1) is 0 Å². The van der Waals surface area contributed by atoms with Crippen LogP contribution < -0.4 is 0 Å². The van der Waals surface area contributed by atoms with Crippen molar-refractivity contribution in [3.63, 3.8) is 0 Å². The minimum absolute atomic E-state index is 0.140. The van der Waals surface area contributed by atoms with E-state index < -0.39 is 0 Å². The molecule has 0 heterocycles. The number of hydrogen-bond acceptors (Lipinski definition) is 2. The van der Waals surface area contributed by atoms with Crippen LogP contribution >= 0.6 is 0 Å². The maximum absolute atomic E-state index is 11.4. The topological polar surface area (TPSA) is 29.5 Å². The van der Waals surface area contributed by atoms with Gasteiger partial charge in [0.15, 0.2) is 0 Å². The number of nitrogens with zero attached hydrogens (tertiary/aromatic N) is 1. The fourth-order valence-electron chi connectivity index (χ4n) is 2.14. The zero-order valence-electron chi connectivity index (χ0n) is 10.3. The van der Waals surface area contributed by atoms with Crippen molar-refractivity contribution in [2.24, 2.45) is 11.8 Å². The number of amides is 1. The Morgan fingerprint density at radius 2 is 2.00 bits per heavy atom. The summed E-state index contributed by atoms with van der Waals surface area (Å²) in [6.07, 6.45) is 4.48. The van der Waals surface area contributed by atoms with Gasteiger partial charge in [0.1, 0.15) is 6.10 Å². The van der Waals surface area contributed by atoms with E-state index in [0.717, 1.165) is 18.8 Å². The molecule has 0 spiro atoms. The van der Waals surface area contributed by atoms with E-state index in [9.17, 15) is 4.79 Å². The molecule has 15 heavy (non-hydrogen) atoms. The lowest BCUT2D eigenvalue weighted by Crippen LogP contribution is -2.32. The standard InChI is InChI=1S/C12H23NO2/c1-9(2)10-6-5-7-11(8-10)15-12(14)13(3)4/h9-11H,5-8H2,1-4H3. The highest BCUT2D eigenvalue weighted by Gasteiger charge is 2.26. The molecule has 1 amide bonds. The summed E-state index contributed by atoms with van der Waals surface area (Å²) >= 11 is 0. The summed E-state index contributed by atoms with van der Waals surface area (Å²) in [6.45, 7) is 4.50. The van der Waals surface area contributed by atoms with Gasteiger partial charge in [0.05, 0.1) is 0 Å². The zero-order chi connectivity index (χ0) is 11.4. The normalized spacial score (nSPS) is 26.5. The second-order valence-corrected chi connectivity index (χ2v) is 5.07. The summed E-state index contributed by atoms with van der Waals surface area (Å²) in [7, 11) is 3.45. The summed E-state index contributed by atoms with van der Waals surface area (Å²) < 4.78 is 5.42. The molecule has 1 saturated carbocycles. The van der Waals surface area contributed by atoms with Gasteiger partial charge in [-0.2, -0.15) is 0 Å². The third-order valence-electron chi connectivity index (χ3n) is 3.24. The summed E-state index contributed by atoms with van der Waals surface area (Å²) in [5, 5.41) is 0. The van der Waals surface area contributed by atoms with Gasteiger partial charge >= 0.3 is 6.09 Å². The molecule has 3 heteroatoms. The SMILES string of the molecule is CC(C)C1CCCC(OC(=O)N(C)C)C1. The molecule has 88 valence electrons. The van der Waals surface area contributed by atoms with Crippen LogP contribution in [0.15, 0.2) is 0 Å². The predicted octanol–water partition coefficient (Wildman–Crippen LogP) is 2.90. The molecule has 1 rings (SSSR count). The average molecular weight is 213 g/mol. The Balaban J connectivity index is 2.39. The minimum Gasteiger partial charge on any atom is -0.446 e. The van der Waals surface area contributed by atoms with E-state index in [4.69, 9.17) is 4.74 Å². The van der Waals surface area contributed by atoms with Crippen LogP contribution in [0.25, 0.3) is 0 Å². The number of carbonyl (C=O) groups excluding carboxylic acids is 1. The van der Waals surface area contributed by atoms with E-state index in [1.165, 1.54) is 17.7 Å². The lowest BCUT2D eigenvalue weighted by Gasteiger charge is -2.31. The average Bonchev–Trinajstić information content (AvgIpc) is 2.18. The fraction of sp³-hybridized carbons (Fsp3) is 0.917. The van der Waals surface area contributed by atoms with Crippen molar-refractivity contribution >= 4 is 6.09 Å². The highest BCUT2D eigenvalue weighted by Crippen LogP contribution is 2.31. The van der Waals surface area contributed by atoms with Gasteiger partial charge in [-0.05, 0) is 37.5 Å². The zero-order valence-corrected chi connectivity index (χ0v) is 10.3. The number of ether oxygens (including phenoxy) is 1. The molecule has 0 aromatic carbocycles. The quantitative estimate of drug-likeness (QED) is 0.706. The molecule has 0 saturated heterocycles. The molecular weight excluding hydrogens is 190 g/mol. The van der Waals surface area contributed by atoms with Gasteiger partial charge in [-0.1, -0.05) is 13.8 Å². The third kappa shape index (κ3) is 3.73. The molecule has 0 aromatic heterocycles. The predicted molar refractivity (Wildman–Crippen MR) is 60.8 cm³/mol. The Labute approximate surface area is 92.8 Å². The van der Waals surface area contributed by atoms with Crippen molar-refractivity contribution < 1.29 is 9.53 Å². The molecule has 0 aliphatic heterocycles. The van der Waals surface area contributed by atoms with Gasteiger partial charge in [-0.3, -0.25) is 0 Å². The molecule has 1 aliphatic rings. The van der Waals surface area contributed by atoms with E-state index in [1.54, 1.807) is 14.1 Å². The summed E-state index contributed by atoms with van der Waals surface area (Å²) in [6, 6.07) is 0. The largest absolute Gasteiger partial charge is 0.446 e. The first-order valence-electron chi connectivity index (χ1n) is 5.88. The first-order chi connectivity index (χ1) is 7.00. The first-order valence-corrected chi connectivity index (χ1v) is 5.88. The maximum Gasteiger partial charge on any atom is 0.409 e. The van der Waals surface area contributed by atoms with Crippen LogP contribution in [0.2, 0.25) is 0 Å². The minimum atomic E-state index is -0.204. The van der Waals surface area contributed by atoms with Crippen molar-refractivity contribution in [1.29, 1.82) is 0 Å². The van der Waals surface area contributed by atoms with Crippen LogP contribution in [-0.4, -0.2) is 31.2 Å². The monoisotopic (exact) mass is 213 g/mol. The maximum atomic E-state index is 11.4. The fourth-order valence-corrected chi connectivity index (χ4v) is 2.14. The Bertz CT molecular complexity index is 214. The Hall–Kier alpha value is -0.730. The molecule has 0 N–H and O–H groups in total. The molecule has 3 nitrogen and oxygen atoms in total. The van der Waals surface area contributed by atoms with Gasteiger partial charge in [-0.25, -0.2) is 4.79 Å². The molecule has 1 fully saturated rings. The lowest BCUT2D eigenvalue weighted by atomic mass is 9.80. The van der Waals surface area contributed by atoms with Crippen LogP contribution in [0.4, 0.5) is 4.79 Å². The van der Waals surface area contributed by atoms with Gasteiger partial charge in [0.2, 0.25) is 0 Å². The van der Waals surface area contributed by atoms with E-state index in [2.05, 4.69) is 13.8 Å². The van der Waals surface area contributed by atoms with Crippen molar-refractivity contribution in [2.45, 2.75) is 45.6 Å². The highest BCUT2D eigenvalue weighted by atomic mass is 16.6. The van der Waals surface area contributed by atoms with Crippen molar-refractivity contribution in [3.05, 3.63) is 0 Å². The molecule has 1 aliphatic carbocycles. The summed E-state index contributed by atoms with van der Waals surface area (Å²) in [4.78, 5) is 12.9. The van der Waals surface area contributed by atoms with Crippen LogP contribution in [0.1, 0.15) is 39.5 Å². The highest BCUT2D eigenvalue weighted by molar-refractivity contribution is 5.66. The van der Waals surface area contributed by atoms with Gasteiger partial charge in [0.25, 0.3) is 0 Å². The molecule has 2 unspecified atom stereocenters. The molecule has 0 bridgehead atoms. The second-order valence-electron chi connectivity index (χ2n) is 5.07. The van der Waals surface area contributed by atoms with Crippen LogP contribution in [0, 0.1) is 11.8 Å². The number of carbonyl (C=O) groups is 1. The summed E-state index contributed by atoms with van der Waals surface area (Å²) in [5.74, 6) is 1.42. The van der Waals surface area contributed by atoms with Crippen LogP contribution in [0.5, 0.6) is 0 Å². The first kappa shape index (κ1) is 12.3. The third-order valence-corrected chi connectivity index (χ3v) is 3.24. The van der Waals surface area contributed by atoms with Gasteiger partial charge in [0, 0.05) is 14.1 Å². The molecule has 0 radical (unpaired) electrons. The van der Waals surface area contributed by atoms with E-state index >= 15 is 0 Å². The number of hydrogen-bond donors (Lipinski definition) is 0. The van der Waals surface area contributed by atoms with E-state index in [-0.39, 0.29) is 12.2 Å². The Morgan fingerprint density at radius 1 is 1.33 bits per heavy atom. The van der Waals surface area contributed by atoms with Crippen LogP contribution in [0.3, 0.4) is 0 Å². The Kier molecular flexibility index (Phi) is 4.43. The van der Waals surface area contributed by atoms with Crippen LogP contribution in [-0.2, 0) is 4.74 Å². The van der Waals surface area contributed by atoms with E-state index in [1.807, 2.05) is 0 Å².